The Morgan fingerprint density at radius 2 is 1.83 bits per heavy atom. The lowest BCUT2D eigenvalue weighted by atomic mass is 10.1. The number of hydrogen-bond donors (Lipinski definition) is 2. The summed E-state index contributed by atoms with van der Waals surface area (Å²) in [5.41, 5.74) is 1.74. The van der Waals surface area contributed by atoms with Gasteiger partial charge >= 0.3 is 6.18 Å². The number of nitrogens with one attached hydrogen (secondary N) is 2. The highest BCUT2D eigenvalue weighted by atomic mass is 19.4. The van der Waals surface area contributed by atoms with Crippen LogP contribution in [0.5, 0.6) is 0 Å². The van der Waals surface area contributed by atoms with Gasteiger partial charge in [0.2, 0.25) is 0 Å². The van der Waals surface area contributed by atoms with Crippen molar-refractivity contribution in [3.63, 3.8) is 0 Å². The Balaban J connectivity index is 1.99. The molecule has 0 spiro atoms. The first-order chi connectivity index (χ1) is 13.9. The minimum atomic E-state index is -4.34. The van der Waals surface area contributed by atoms with E-state index >= 15 is 0 Å². The molecule has 1 aromatic carbocycles. The van der Waals surface area contributed by atoms with Gasteiger partial charge in [-0.3, -0.25) is 0 Å². The maximum atomic E-state index is 12.6. The Hall–Kier alpha value is -2.95. The van der Waals surface area contributed by atoms with Crippen molar-refractivity contribution in [1.29, 1.82) is 0 Å². The van der Waals surface area contributed by atoms with E-state index in [-0.39, 0.29) is 0 Å². The molecule has 8 heteroatoms. The van der Waals surface area contributed by atoms with E-state index in [4.69, 9.17) is 4.52 Å². The molecule has 156 valence electrons. The van der Waals surface area contributed by atoms with Crippen LogP contribution in [-0.4, -0.2) is 24.2 Å². The molecule has 5 nitrogen and oxygen atoms in total. The monoisotopic (exact) mass is 406 g/mol. The smallest absolute Gasteiger partial charge is 0.361 e. The third-order valence-corrected chi connectivity index (χ3v) is 4.14. The van der Waals surface area contributed by atoms with Crippen LogP contribution >= 0.6 is 0 Å². The molecule has 0 aliphatic rings. The van der Waals surface area contributed by atoms with Gasteiger partial charge in [0.15, 0.2) is 5.96 Å². The summed E-state index contributed by atoms with van der Waals surface area (Å²) in [6.45, 7) is 7.41. The standard InChI is InChI=1S/C21H25F3N4O/c1-4-18-17(19(5-2)29-28-18)14-27-20(25-6-3)26-13-7-8-15-9-11-16(12-10-15)21(22,23)24/h9-12H,4-6,13-14H2,1-3H3,(H2,25,26,27). The Morgan fingerprint density at radius 3 is 2.41 bits per heavy atom. The minimum absolute atomic E-state index is 0.303. The Bertz CT molecular complexity index is 853. The number of aliphatic imine (C=N–C) groups is 1. The topological polar surface area (TPSA) is 62.5 Å². The number of benzene rings is 1. The fraction of sp³-hybridized carbons (Fsp3) is 0.429. The van der Waals surface area contributed by atoms with E-state index in [1.807, 2.05) is 20.8 Å². The Morgan fingerprint density at radius 1 is 1.10 bits per heavy atom. The van der Waals surface area contributed by atoms with E-state index in [0.29, 0.717) is 31.2 Å². The quantitative estimate of drug-likeness (QED) is 0.434. The van der Waals surface area contributed by atoms with E-state index in [0.717, 1.165) is 42.0 Å². The minimum Gasteiger partial charge on any atom is -0.361 e. The zero-order chi connectivity index (χ0) is 21.3. The summed E-state index contributed by atoms with van der Waals surface area (Å²) in [5.74, 6) is 7.17. The number of nitrogens with zero attached hydrogens (tertiary/aromatic N) is 2. The zero-order valence-electron chi connectivity index (χ0n) is 16.8. The van der Waals surface area contributed by atoms with Crippen molar-refractivity contribution in [3.05, 3.63) is 52.4 Å². The van der Waals surface area contributed by atoms with Gasteiger partial charge in [-0.1, -0.05) is 30.8 Å². The van der Waals surface area contributed by atoms with Crippen LogP contribution in [0.25, 0.3) is 0 Å². The molecule has 0 atom stereocenters. The fourth-order valence-corrected chi connectivity index (χ4v) is 2.63. The van der Waals surface area contributed by atoms with Crippen LogP contribution in [0.2, 0.25) is 0 Å². The lowest BCUT2D eigenvalue weighted by Crippen LogP contribution is -2.37. The second kappa shape index (κ2) is 10.6. The van der Waals surface area contributed by atoms with E-state index in [1.54, 1.807) is 0 Å². The predicted octanol–water partition coefficient (Wildman–Crippen LogP) is 3.93. The summed E-state index contributed by atoms with van der Waals surface area (Å²) < 4.78 is 43.1. The molecule has 1 aromatic heterocycles. The van der Waals surface area contributed by atoms with Gasteiger partial charge in [-0.25, -0.2) is 4.99 Å². The number of alkyl halides is 3. The molecule has 0 unspecified atom stereocenters. The molecule has 0 saturated carbocycles. The largest absolute Gasteiger partial charge is 0.416 e. The number of aryl methyl sites for hydroxylation is 2. The molecule has 0 radical (unpaired) electrons. The molecule has 1 heterocycles. The predicted molar refractivity (Wildman–Crippen MR) is 106 cm³/mol. The number of aromatic nitrogens is 1. The summed E-state index contributed by atoms with van der Waals surface area (Å²) >= 11 is 0. The van der Waals surface area contributed by atoms with Gasteiger partial charge < -0.3 is 15.2 Å². The lowest BCUT2D eigenvalue weighted by molar-refractivity contribution is -0.137. The molecule has 0 saturated heterocycles. The Labute approximate surface area is 168 Å². The van der Waals surface area contributed by atoms with Crippen molar-refractivity contribution in [2.75, 3.05) is 13.1 Å². The van der Waals surface area contributed by atoms with Gasteiger partial charge in [-0.05, 0) is 37.6 Å². The number of guanidine groups is 1. The first-order valence-electron chi connectivity index (χ1n) is 9.53. The molecule has 2 N–H and O–H groups in total. The molecule has 2 rings (SSSR count). The summed E-state index contributed by atoms with van der Waals surface area (Å²) in [7, 11) is 0. The maximum absolute atomic E-state index is 12.6. The van der Waals surface area contributed by atoms with Crippen LogP contribution in [0.15, 0.2) is 33.8 Å². The van der Waals surface area contributed by atoms with E-state index < -0.39 is 11.7 Å². The van der Waals surface area contributed by atoms with Gasteiger partial charge in [0.05, 0.1) is 24.3 Å². The maximum Gasteiger partial charge on any atom is 0.416 e. The van der Waals surface area contributed by atoms with E-state index in [2.05, 4.69) is 32.6 Å². The molecule has 0 bridgehead atoms. The van der Waals surface area contributed by atoms with Gasteiger partial charge in [-0.15, -0.1) is 0 Å². The molecular formula is C21H25F3N4O. The average Bonchev–Trinajstić information content (AvgIpc) is 3.11. The molecule has 0 aliphatic carbocycles. The number of rotatable bonds is 6. The van der Waals surface area contributed by atoms with Crippen molar-refractivity contribution in [2.45, 2.75) is 46.3 Å². The molecule has 0 fully saturated rings. The summed E-state index contributed by atoms with van der Waals surface area (Å²) in [5, 5.41) is 10.3. The van der Waals surface area contributed by atoms with Crippen LogP contribution in [0, 0.1) is 11.8 Å². The van der Waals surface area contributed by atoms with Crippen LogP contribution < -0.4 is 10.6 Å². The zero-order valence-corrected chi connectivity index (χ0v) is 16.8. The number of halogens is 3. The van der Waals surface area contributed by atoms with Gasteiger partial charge in [0.25, 0.3) is 0 Å². The molecule has 0 aliphatic heterocycles. The van der Waals surface area contributed by atoms with Crippen molar-refractivity contribution in [3.8, 4) is 11.8 Å². The normalized spacial score (nSPS) is 11.7. The highest BCUT2D eigenvalue weighted by Crippen LogP contribution is 2.28. The Kier molecular flexibility index (Phi) is 8.13. The second-order valence-corrected chi connectivity index (χ2v) is 6.16. The summed E-state index contributed by atoms with van der Waals surface area (Å²) in [6.07, 6.45) is -2.82. The first kappa shape index (κ1) is 22.3. The highest BCUT2D eigenvalue weighted by Gasteiger charge is 2.29. The number of hydrogen-bond acceptors (Lipinski definition) is 3. The van der Waals surface area contributed by atoms with Crippen LogP contribution in [0.4, 0.5) is 13.2 Å². The third kappa shape index (κ3) is 6.56. The third-order valence-electron chi connectivity index (χ3n) is 4.14. The molecule has 2 aromatic rings. The van der Waals surface area contributed by atoms with Crippen molar-refractivity contribution in [2.24, 2.45) is 4.99 Å². The lowest BCUT2D eigenvalue weighted by Gasteiger charge is -2.09. The fourth-order valence-electron chi connectivity index (χ4n) is 2.63. The SMILES string of the molecule is CCNC(=NCc1c(CC)noc1CC)NCC#Cc1ccc(C(F)(F)F)cc1. The second-order valence-electron chi connectivity index (χ2n) is 6.16. The van der Waals surface area contributed by atoms with Gasteiger partial charge in [0.1, 0.15) is 5.76 Å². The van der Waals surface area contributed by atoms with Gasteiger partial charge in [-0.2, -0.15) is 13.2 Å². The van der Waals surface area contributed by atoms with Crippen molar-refractivity contribution < 1.29 is 17.7 Å². The molecule has 0 amide bonds. The summed E-state index contributed by atoms with van der Waals surface area (Å²) in [6, 6.07) is 4.77. The van der Waals surface area contributed by atoms with E-state index in [1.165, 1.54) is 12.1 Å². The molecule has 29 heavy (non-hydrogen) atoms. The summed E-state index contributed by atoms with van der Waals surface area (Å²) in [4.78, 5) is 4.56. The average molecular weight is 406 g/mol. The van der Waals surface area contributed by atoms with E-state index in [9.17, 15) is 13.2 Å². The van der Waals surface area contributed by atoms with Gasteiger partial charge in [0, 0.05) is 24.1 Å². The molecular weight excluding hydrogens is 381 g/mol. The highest BCUT2D eigenvalue weighted by molar-refractivity contribution is 5.80. The van der Waals surface area contributed by atoms with Crippen molar-refractivity contribution >= 4 is 5.96 Å². The van der Waals surface area contributed by atoms with Crippen molar-refractivity contribution in [1.82, 2.24) is 15.8 Å². The van der Waals surface area contributed by atoms with Crippen LogP contribution in [0.3, 0.4) is 0 Å². The van der Waals surface area contributed by atoms with Crippen LogP contribution in [0.1, 0.15) is 48.9 Å². The van der Waals surface area contributed by atoms with Crippen LogP contribution in [-0.2, 0) is 25.6 Å². The first-order valence-corrected chi connectivity index (χ1v) is 9.53.